The Labute approximate surface area is 223 Å². The lowest BCUT2D eigenvalue weighted by Gasteiger charge is -2.33. The summed E-state index contributed by atoms with van der Waals surface area (Å²) in [4.78, 5) is 28.2. The lowest BCUT2D eigenvalue weighted by molar-refractivity contribution is -0.139. The highest BCUT2D eigenvalue weighted by Crippen LogP contribution is 2.28. The molecule has 1 fully saturated rings. The molecule has 196 valence electrons. The third-order valence-corrected chi connectivity index (χ3v) is 8.41. The molecule has 36 heavy (non-hydrogen) atoms. The number of anilines is 1. The van der Waals surface area contributed by atoms with Gasteiger partial charge in [-0.2, -0.15) is 0 Å². The fourth-order valence-corrected chi connectivity index (χ4v) is 5.83. The third-order valence-electron chi connectivity index (χ3n) is 6.57. The van der Waals surface area contributed by atoms with Crippen LogP contribution in [0.5, 0.6) is 0 Å². The maximum absolute atomic E-state index is 13.7. The summed E-state index contributed by atoms with van der Waals surface area (Å²) in [5.74, 6) is -0.831. The number of hydrogen-bond donors (Lipinski definition) is 1. The SMILES string of the molecule is Cc1ccc(C)c(N(CC(=O)N(Cc2c(Cl)cccc2Cl)[C@H](C)C(=O)NC2CCCC2)S(C)(=O)=O)c1. The summed E-state index contributed by atoms with van der Waals surface area (Å²) in [5.41, 5.74) is 2.49. The molecule has 1 atom stereocenters. The van der Waals surface area contributed by atoms with Crippen LogP contribution >= 0.6 is 23.2 Å². The first-order valence-corrected chi connectivity index (χ1v) is 14.6. The molecule has 0 radical (unpaired) electrons. The smallest absolute Gasteiger partial charge is 0.244 e. The molecule has 0 heterocycles. The van der Waals surface area contributed by atoms with Gasteiger partial charge in [-0.15, -0.1) is 0 Å². The first-order chi connectivity index (χ1) is 16.9. The molecular weight excluding hydrogens is 521 g/mol. The monoisotopic (exact) mass is 553 g/mol. The number of carbonyl (C=O) groups excluding carboxylic acids is 2. The molecule has 1 aliphatic carbocycles. The Bertz CT molecular complexity index is 1210. The molecular formula is C26H33Cl2N3O4S. The average Bonchev–Trinajstić information content (AvgIpc) is 3.31. The molecule has 3 rings (SSSR count). The number of amides is 2. The van der Waals surface area contributed by atoms with Crippen LogP contribution in [-0.4, -0.2) is 50.0 Å². The van der Waals surface area contributed by atoms with Gasteiger partial charge in [0.05, 0.1) is 11.9 Å². The van der Waals surface area contributed by atoms with Crippen molar-refractivity contribution in [3.05, 3.63) is 63.1 Å². The van der Waals surface area contributed by atoms with Crippen LogP contribution in [-0.2, 0) is 26.2 Å². The van der Waals surface area contributed by atoms with Crippen molar-refractivity contribution in [2.75, 3.05) is 17.1 Å². The summed E-state index contributed by atoms with van der Waals surface area (Å²) >= 11 is 12.8. The summed E-state index contributed by atoms with van der Waals surface area (Å²) in [6.07, 6.45) is 4.97. The zero-order valence-electron chi connectivity index (χ0n) is 21.1. The Balaban J connectivity index is 1.96. The van der Waals surface area contributed by atoms with Gasteiger partial charge in [0.1, 0.15) is 12.6 Å². The zero-order valence-corrected chi connectivity index (χ0v) is 23.4. The van der Waals surface area contributed by atoms with Crippen molar-refractivity contribution in [3.8, 4) is 0 Å². The Morgan fingerprint density at radius 1 is 1.08 bits per heavy atom. The summed E-state index contributed by atoms with van der Waals surface area (Å²) in [6, 6.07) is 9.64. The predicted molar refractivity (Wildman–Crippen MR) is 145 cm³/mol. The van der Waals surface area contributed by atoms with Crippen LogP contribution in [0.15, 0.2) is 36.4 Å². The van der Waals surface area contributed by atoms with Crippen LogP contribution in [0.1, 0.15) is 49.3 Å². The molecule has 2 aromatic rings. The van der Waals surface area contributed by atoms with E-state index < -0.39 is 28.5 Å². The maximum atomic E-state index is 13.7. The van der Waals surface area contributed by atoms with Crippen LogP contribution in [0.2, 0.25) is 10.0 Å². The van der Waals surface area contributed by atoms with E-state index in [9.17, 15) is 18.0 Å². The van der Waals surface area contributed by atoms with E-state index in [2.05, 4.69) is 5.32 Å². The van der Waals surface area contributed by atoms with Gasteiger partial charge in [0.15, 0.2) is 0 Å². The number of aryl methyl sites for hydroxylation is 2. The van der Waals surface area contributed by atoms with Gasteiger partial charge in [-0.05, 0) is 62.9 Å². The summed E-state index contributed by atoms with van der Waals surface area (Å²) < 4.78 is 26.7. The molecule has 0 bridgehead atoms. The van der Waals surface area contributed by atoms with Crippen LogP contribution < -0.4 is 9.62 Å². The number of nitrogens with zero attached hydrogens (tertiary/aromatic N) is 2. The second kappa shape index (κ2) is 11.8. The van der Waals surface area contributed by atoms with Gasteiger partial charge < -0.3 is 10.2 Å². The van der Waals surface area contributed by atoms with Crippen molar-refractivity contribution >= 4 is 50.7 Å². The topological polar surface area (TPSA) is 86.8 Å². The largest absolute Gasteiger partial charge is 0.352 e. The van der Waals surface area contributed by atoms with Gasteiger partial charge in [0.2, 0.25) is 21.8 Å². The average molecular weight is 555 g/mol. The number of sulfonamides is 1. The van der Waals surface area contributed by atoms with Crippen LogP contribution in [0.3, 0.4) is 0 Å². The molecule has 0 aliphatic heterocycles. The van der Waals surface area contributed by atoms with E-state index >= 15 is 0 Å². The van der Waals surface area contributed by atoms with Crippen molar-refractivity contribution in [2.24, 2.45) is 0 Å². The Morgan fingerprint density at radius 3 is 2.28 bits per heavy atom. The molecule has 7 nitrogen and oxygen atoms in total. The number of carbonyl (C=O) groups is 2. The summed E-state index contributed by atoms with van der Waals surface area (Å²) in [7, 11) is -3.81. The molecule has 0 aromatic heterocycles. The fraction of sp³-hybridized carbons (Fsp3) is 0.462. The van der Waals surface area contributed by atoms with E-state index in [-0.39, 0.29) is 18.5 Å². The van der Waals surface area contributed by atoms with Crippen molar-refractivity contribution in [1.29, 1.82) is 0 Å². The van der Waals surface area contributed by atoms with Gasteiger partial charge in [-0.3, -0.25) is 13.9 Å². The fourth-order valence-electron chi connectivity index (χ4n) is 4.41. The first kappa shape index (κ1) is 28.3. The van der Waals surface area contributed by atoms with E-state index in [4.69, 9.17) is 23.2 Å². The van der Waals surface area contributed by atoms with Crippen molar-refractivity contribution in [1.82, 2.24) is 10.2 Å². The standard InChI is InChI=1S/C26H33Cl2N3O4S/c1-17-12-13-18(2)24(14-17)31(36(4,34)35)16-25(32)30(15-21-22(27)10-7-11-23(21)28)19(3)26(33)29-20-8-5-6-9-20/h7,10-14,19-20H,5-6,8-9,15-16H2,1-4H3,(H,29,33)/t19-/m1/s1. The van der Waals surface area contributed by atoms with Crippen molar-refractivity contribution in [3.63, 3.8) is 0 Å². The van der Waals surface area contributed by atoms with E-state index in [1.54, 1.807) is 38.1 Å². The first-order valence-electron chi connectivity index (χ1n) is 12.0. The quantitative estimate of drug-likeness (QED) is 0.480. The molecule has 10 heteroatoms. The Kier molecular flexibility index (Phi) is 9.30. The Hall–Kier alpha value is -2.29. The minimum Gasteiger partial charge on any atom is -0.352 e. The molecule has 0 spiro atoms. The third kappa shape index (κ3) is 6.93. The number of rotatable bonds is 9. The van der Waals surface area contributed by atoms with Crippen LogP contribution in [0, 0.1) is 13.8 Å². The summed E-state index contributed by atoms with van der Waals surface area (Å²) in [6.45, 7) is 4.77. The molecule has 1 saturated carbocycles. The minimum atomic E-state index is -3.81. The zero-order chi connectivity index (χ0) is 26.6. The highest BCUT2D eigenvalue weighted by molar-refractivity contribution is 7.92. The second-order valence-corrected chi connectivity index (χ2v) is 12.2. The van der Waals surface area contributed by atoms with E-state index in [0.29, 0.717) is 26.9 Å². The predicted octanol–water partition coefficient (Wildman–Crippen LogP) is 4.85. The Morgan fingerprint density at radius 2 is 1.69 bits per heavy atom. The van der Waals surface area contributed by atoms with Gasteiger partial charge in [0, 0.05) is 28.2 Å². The molecule has 1 N–H and O–H groups in total. The van der Waals surface area contributed by atoms with Crippen LogP contribution in [0.25, 0.3) is 0 Å². The number of nitrogens with one attached hydrogen (secondary N) is 1. The number of hydrogen-bond acceptors (Lipinski definition) is 4. The van der Waals surface area contributed by atoms with E-state index in [1.165, 1.54) is 4.90 Å². The maximum Gasteiger partial charge on any atom is 0.244 e. The van der Waals surface area contributed by atoms with Crippen LogP contribution in [0.4, 0.5) is 5.69 Å². The molecule has 0 unspecified atom stereocenters. The highest BCUT2D eigenvalue weighted by Gasteiger charge is 2.32. The van der Waals surface area contributed by atoms with Gasteiger partial charge in [-0.1, -0.05) is 54.2 Å². The van der Waals surface area contributed by atoms with Gasteiger partial charge in [-0.25, -0.2) is 8.42 Å². The molecule has 0 saturated heterocycles. The van der Waals surface area contributed by atoms with Gasteiger partial charge >= 0.3 is 0 Å². The van der Waals surface area contributed by atoms with Crippen molar-refractivity contribution in [2.45, 2.75) is 65.1 Å². The lowest BCUT2D eigenvalue weighted by Crippen LogP contribution is -2.52. The molecule has 2 amide bonds. The number of benzene rings is 2. The minimum absolute atomic E-state index is 0.0407. The van der Waals surface area contributed by atoms with E-state index in [0.717, 1.165) is 41.8 Å². The highest BCUT2D eigenvalue weighted by atomic mass is 35.5. The lowest BCUT2D eigenvalue weighted by atomic mass is 10.1. The second-order valence-electron chi connectivity index (χ2n) is 9.45. The van der Waals surface area contributed by atoms with Crippen molar-refractivity contribution < 1.29 is 18.0 Å². The summed E-state index contributed by atoms with van der Waals surface area (Å²) in [5, 5.41) is 3.75. The van der Waals surface area contributed by atoms with Gasteiger partial charge in [0.25, 0.3) is 0 Å². The normalized spacial score (nSPS) is 14.9. The number of halogens is 2. The van der Waals surface area contributed by atoms with E-state index in [1.807, 2.05) is 19.1 Å². The molecule has 1 aliphatic rings. The molecule has 2 aromatic carbocycles.